The molecule has 0 saturated heterocycles. The molecule has 1 aromatic carbocycles. The Morgan fingerprint density at radius 2 is 1.96 bits per heavy atom. The lowest BCUT2D eigenvalue weighted by Gasteiger charge is -2.36. The van der Waals surface area contributed by atoms with Gasteiger partial charge in [0.2, 0.25) is 15.9 Å². The summed E-state index contributed by atoms with van der Waals surface area (Å²) < 4.78 is 28.1. The summed E-state index contributed by atoms with van der Waals surface area (Å²) in [5, 5.41) is 0. The summed E-state index contributed by atoms with van der Waals surface area (Å²) >= 11 is 0. The van der Waals surface area contributed by atoms with Gasteiger partial charge in [0.1, 0.15) is 11.8 Å². The first-order valence-electron chi connectivity index (χ1n) is 8.47. The third kappa shape index (κ3) is 2.89. The Morgan fingerprint density at radius 3 is 2.44 bits per heavy atom. The summed E-state index contributed by atoms with van der Waals surface area (Å²) in [7, 11) is -3.88. The third-order valence-electron chi connectivity index (χ3n) is 6.29. The average Bonchev–Trinajstić information content (AvgIpc) is 2.87. The van der Waals surface area contributed by atoms with E-state index in [1.807, 2.05) is 13.8 Å². The number of hydrogen-bond acceptors (Lipinski definition) is 4. The van der Waals surface area contributed by atoms with Crippen molar-refractivity contribution in [3.63, 3.8) is 0 Å². The molecule has 7 heteroatoms. The lowest BCUT2D eigenvalue weighted by molar-refractivity contribution is -0.128. The predicted octanol–water partition coefficient (Wildman–Crippen LogP) is 1.53. The Morgan fingerprint density at radius 1 is 1.32 bits per heavy atom. The van der Waals surface area contributed by atoms with Crippen LogP contribution in [0.4, 0.5) is 0 Å². The summed E-state index contributed by atoms with van der Waals surface area (Å²) in [6.07, 6.45) is 1.89. The molecule has 3 N–H and O–H groups in total. The van der Waals surface area contributed by atoms with Gasteiger partial charge in [-0.2, -0.15) is 4.72 Å². The highest BCUT2D eigenvalue weighted by Crippen LogP contribution is 2.64. The molecule has 0 aromatic heterocycles. The summed E-state index contributed by atoms with van der Waals surface area (Å²) in [6, 6.07) is 7.35. The van der Waals surface area contributed by atoms with Crippen molar-refractivity contribution in [1.29, 1.82) is 0 Å². The van der Waals surface area contributed by atoms with E-state index in [0.717, 1.165) is 6.42 Å². The number of Topliss-reactive ketones (excluding diaryl/α,β-unsaturated/α-hetero) is 1. The smallest absolute Gasteiger partial charge is 0.240 e. The first-order valence-corrected chi connectivity index (χ1v) is 10.1. The molecule has 2 fully saturated rings. The second kappa shape index (κ2) is 5.92. The molecule has 0 spiro atoms. The van der Waals surface area contributed by atoms with Gasteiger partial charge in [0, 0.05) is 11.8 Å². The molecule has 3 rings (SSSR count). The van der Waals surface area contributed by atoms with Gasteiger partial charge in [-0.05, 0) is 29.7 Å². The maximum absolute atomic E-state index is 12.8. The van der Waals surface area contributed by atoms with E-state index in [9.17, 15) is 18.0 Å². The molecule has 0 aliphatic heterocycles. The van der Waals surface area contributed by atoms with E-state index in [-0.39, 0.29) is 22.9 Å². The number of nitrogens with two attached hydrogens (primary N) is 1. The number of benzene rings is 1. The van der Waals surface area contributed by atoms with Gasteiger partial charge < -0.3 is 5.73 Å². The minimum Gasteiger partial charge on any atom is -0.368 e. The molecule has 2 aliphatic rings. The number of fused-ring (bicyclic) bond motifs is 2. The Labute approximate surface area is 148 Å². The van der Waals surface area contributed by atoms with E-state index < -0.39 is 27.4 Å². The standard InChI is InChI=1S/C18H24N2O4S/c1-17(2)13-8-9-18(17,14(21)10-13)11-25(23,24)20-15(16(19)22)12-6-4-3-5-7-12/h3-7,13,15,20H,8-11H2,1-2H3,(H2,19,22). The van der Waals surface area contributed by atoms with Crippen molar-refractivity contribution in [3.8, 4) is 0 Å². The second-order valence-corrected chi connectivity index (χ2v) is 9.54. The van der Waals surface area contributed by atoms with Crippen molar-refractivity contribution in [2.45, 2.75) is 39.2 Å². The van der Waals surface area contributed by atoms with Crippen molar-refractivity contribution in [2.75, 3.05) is 5.75 Å². The molecule has 136 valence electrons. The lowest BCUT2D eigenvalue weighted by Crippen LogP contribution is -2.47. The van der Waals surface area contributed by atoms with Crippen LogP contribution in [0, 0.1) is 16.7 Å². The van der Waals surface area contributed by atoms with Gasteiger partial charge in [-0.15, -0.1) is 0 Å². The van der Waals surface area contributed by atoms with Crippen LogP contribution < -0.4 is 10.5 Å². The highest BCUT2D eigenvalue weighted by molar-refractivity contribution is 7.89. The second-order valence-electron chi connectivity index (χ2n) is 7.79. The number of rotatable bonds is 6. The number of hydrogen-bond donors (Lipinski definition) is 2. The molecule has 2 aliphatic carbocycles. The van der Waals surface area contributed by atoms with Gasteiger partial charge in [0.25, 0.3) is 0 Å². The summed E-state index contributed by atoms with van der Waals surface area (Å²) in [4.78, 5) is 24.3. The first-order chi connectivity index (χ1) is 11.6. The van der Waals surface area contributed by atoms with Crippen LogP contribution >= 0.6 is 0 Å². The van der Waals surface area contributed by atoms with Crippen LogP contribution in [0.2, 0.25) is 0 Å². The van der Waals surface area contributed by atoms with Gasteiger partial charge in [0.05, 0.1) is 5.75 Å². The van der Waals surface area contributed by atoms with Crippen LogP contribution in [-0.2, 0) is 19.6 Å². The summed E-state index contributed by atoms with van der Waals surface area (Å²) in [5.74, 6) is -0.807. The average molecular weight is 364 g/mol. The highest BCUT2D eigenvalue weighted by atomic mass is 32.2. The number of primary amides is 1. The maximum Gasteiger partial charge on any atom is 0.240 e. The quantitative estimate of drug-likeness (QED) is 0.798. The predicted molar refractivity (Wildman–Crippen MR) is 93.9 cm³/mol. The van der Waals surface area contributed by atoms with Crippen molar-refractivity contribution in [3.05, 3.63) is 35.9 Å². The van der Waals surface area contributed by atoms with E-state index in [0.29, 0.717) is 18.4 Å². The molecule has 2 bridgehead atoms. The highest BCUT2D eigenvalue weighted by Gasteiger charge is 2.65. The lowest BCUT2D eigenvalue weighted by atomic mass is 9.70. The van der Waals surface area contributed by atoms with Gasteiger partial charge in [-0.25, -0.2) is 8.42 Å². The molecule has 25 heavy (non-hydrogen) atoms. The fourth-order valence-electron chi connectivity index (χ4n) is 4.59. The Kier molecular flexibility index (Phi) is 4.28. The van der Waals surface area contributed by atoms with Crippen LogP contribution in [0.25, 0.3) is 0 Å². The van der Waals surface area contributed by atoms with Gasteiger partial charge >= 0.3 is 0 Å². The zero-order valence-electron chi connectivity index (χ0n) is 14.5. The Hall–Kier alpha value is -1.73. The molecule has 2 saturated carbocycles. The van der Waals surface area contributed by atoms with E-state index in [4.69, 9.17) is 5.73 Å². The molecule has 3 atom stereocenters. The van der Waals surface area contributed by atoms with E-state index in [1.165, 1.54) is 0 Å². The van der Waals surface area contributed by atoms with E-state index >= 15 is 0 Å². The Bertz CT molecular complexity index is 804. The van der Waals surface area contributed by atoms with E-state index in [2.05, 4.69) is 4.72 Å². The summed E-state index contributed by atoms with van der Waals surface area (Å²) in [5.41, 5.74) is 4.66. The SMILES string of the molecule is CC1(C)C2CCC1(CS(=O)(=O)NC(C(N)=O)c1ccccc1)C(=O)C2. The molecule has 1 aromatic rings. The number of sulfonamides is 1. The van der Waals surface area contributed by atoms with Gasteiger partial charge in [-0.3, -0.25) is 9.59 Å². The number of carbonyl (C=O) groups is 2. The van der Waals surface area contributed by atoms with Crippen LogP contribution in [0.15, 0.2) is 30.3 Å². The molecular weight excluding hydrogens is 340 g/mol. The van der Waals surface area contributed by atoms with Crippen LogP contribution in [-0.4, -0.2) is 25.9 Å². The topological polar surface area (TPSA) is 106 Å². The molecular formula is C18H24N2O4S. The number of amides is 1. The first kappa shape index (κ1) is 18.1. The minimum absolute atomic E-state index is 0.0226. The number of nitrogens with one attached hydrogen (secondary N) is 1. The molecule has 3 unspecified atom stereocenters. The van der Waals surface area contributed by atoms with Crippen molar-refractivity contribution < 1.29 is 18.0 Å². The van der Waals surface area contributed by atoms with Crippen molar-refractivity contribution in [2.24, 2.45) is 22.5 Å². The molecule has 0 heterocycles. The summed E-state index contributed by atoms with van der Waals surface area (Å²) in [6.45, 7) is 3.96. The van der Waals surface area contributed by atoms with Crippen molar-refractivity contribution in [1.82, 2.24) is 4.72 Å². The minimum atomic E-state index is -3.88. The van der Waals surface area contributed by atoms with Crippen LogP contribution in [0.5, 0.6) is 0 Å². The Balaban J connectivity index is 1.87. The normalized spacial score (nSPS) is 28.9. The van der Waals surface area contributed by atoms with Crippen LogP contribution in [0.3, 0.4) is 0 Å². The number of carbonyl (C=O) groups excluding carboxylic acids is 2. The van der Waals surface area contributed by atoms with Gasteiger partial charge in [0.15, 0.2) is 0 Å². The molecule has 1 amide bonds. The zero-order valence-corrected chi connectivity index (χ0v) is 15.3. The van der Waals surface area contributed by atoms with Gasteiger partial charge in [-0.1, -0.05) is 44.2 Å². The monoisotopic (exact) mass is 364 g/mol. The molecule has 6 nitrogen and oxygen atoms in total. The molecule has 0 radical (unpaired) electrons. The maximum atomic E-state index is 12.8. The fraction of sp³-hybridized carbons (Fsp3) is 0.556. The zero-order chi connectivity index (χ0) is 18.5. The van der Waals surface area contributed by atoms with Crippen molar-refractivity contribution >= 4 is 21.7 Å². The fourth-order valence-corrected chi connectivity index (χ4v) is 6.61. The number of ketones is 1. The van der Waals surface area contributed by atoms with Crippen LogP contribution in [0.1, 0.15) is 44.7 Å². The largest absolute Gasteiger partial charge is 0.368 e. The third-order valence-corrected chi connectivity index (χ3v) is 7.76. The van der Waals surface area contributed by atoms with E-state index in [1.54, 1.807) is 30.3 Å².